The average Bonchev–Trinajstić information content (AvgIpc) is 2.26. The number of piperazine rings is 1. The van der Waals surface area contributed by atoms with Gasteiger partial charge in [-0.05, 0) is 0 Å². The summed E-state index contributed by atoms with van der Waals surface area (Å²) in [5.41, 5.74) is 5.40. The second-order valence-corrected chi connectivity index (χ2v) is 5.45. The van der Waals surface area contributed by atoms with Crippen molar-refractivity contribution in [3.05, 3.63) is 0 Å². The van der Waals surface area contributed by atoms with Crippen molar-refractivity contribution in [1.29, 1.82) is 0 Å². The number of amides is 1. The lowest BCUT2D eigenvalue weighted by molar-refractivity contribution is -0.135. The molecule has 9 heteroatoms. The van der Waals surface area contributed by atoms with E-state index in [1.165, 1.54) is 4.31 Å². The van der Waals surface area contributed by atoms with E-state index in [0.717, 1.165) is 0 Å². The molecule has 1 saturated heterocycles. The topological polar surface area (TPSA) is 110 Å². The molecule has 1 aliphatic heterocycles. The average molecular weight is 287 g/mol. The van der Waals surface area contributed by atoms with Gasteiger partial charge in [-0.25, -0.2) is 5.14 Å². The maximum absolute atomic E-state index is 11.7. The summed E-state index contributed by atoms with van der Waals surface area (Å²) in [5, 5.41) is 4.99. The first-order chi connectivity index (χ1) is 7.36. The zero-order chi connectivity index (χ0) is 12.3. The summed E-state index contributed by atoms with van der Waals surface area (Å²) in [5.74, 6) is -0.252. The standard InChI is InChI=1S/C8H18N4O3S.ClH/c1-7(6-9)8(13)11-2-4-12(5-3-11)16(10,14)15;/h7H,2-6,9H2,1H3,(H2,10,14,15);1H. The third-order valence-corrected chi connectivity index (χ3v) is 3.77. The zero-order valence-corrected chi connectivity index (χ0v) is 11.3. The third-order valence-electron chi connectivity index (χ3n) is 2.69. The van der Waals surface area contributed by atoms with Crippen LogP contribution in [0.2, 0.25) is 0 Å². The lowest BCUT2D eigenvalue weighted by atomic mass is 10.1. The maximum atomic E-state index is 11.7. The molecule has 1 fully saturated rings. The minimum absolute atomic E-state index is 0. The van der Waals surface area contributed by atoms with Gasteiger partial charge in [-0.3, -0.25) is 4.79 Å². The maximum Gasteiger partial charge on any atom is 0.277 e. The van der Waals surface area contributed by atoms with Gasteiger partial charge in [0.2, 0.25) is 5.91 Å². The molecule has 17 heavy (non-hydrogen) atoms. The van der Waals surface area contributed by atoms with E-state index in [1.807, 2.05) is 0 Å². The van der Waals surface area contributed by atoms with Crippen molar-refractivity contribution in [1.82, 2.24) is 9.21 Å². The van der Waals surface area contributed by atoms with E-state index in [2.05, 4.69) is 0 Å². The lowest BCUT2D eigenvalue weighted by Gasteiger charge is -2.34. The first kappa shape index (κ1) is 16.6. The second kappa shape index (κ2) is 6.50. The van der Waals surface area contributed by atoms with Crippen molar-refractivity contribution in [3.8, 4) is 0 Å². The summed E-state index contributed by atoms with van der Waals surface area (Å²) in [6, 6.07) is 0. The fourth-order valence-corrected chi connectivity index (χ4v) is 2.25. The van der Waals surface area contributed by atoms with Crippen LogP contribution in [-0.2, 0) is 15.0 Å². The Labute approximate surface area is 108 Å². The molecule has 1 atom stereocenters. The van der Waals surface area contributed by atoms with Crippen LogP contribution in [0.25, 0.3) is 0 Å². The van der Waals surface area contributed by atoms with Crippen molar-refractivity contribution in [3.63, 3.8) is 0 Å². The van der Waals surface area contributed by atoms with Crippen LogP contribution in [0, 0.1) is 5.92 Å². The Balaban J connectivity index is 0.00000256. The van der Waals surface area contributed by atoms with Gasteiger partial charge in [0, 0.05) is 38.6 Å². The molecule has 0 saturated carbocycles. The predicted molar refractivity (Wildman–Crippen MR) is 66.7 cm³/mol. The van der Waals surface area contributed by atoms with Crippen LogP contribution in [0.1, 0.15) is 6.92 Å². The van der Waals surface area contributed by atoms with Crippen LogP contribution in [0.4, 0.5) is 0 Å². The van der Waals surface area contributed by atoms with Crippen LogP contribution >= 0.6 is 12.4 Å². The van der Waals surface area contributed by atoms with Gasteiger partial charge in [0.25, 0.3) is 10.2 Å². The Morgan fingerprint density at radius 2 is 1.76 bits per heavy atom. The fraction of sp³-hybridized carbons (Fsp3) is 0.875. The number of carbonyl (C=O) groups is 1. The molecule has 0 aromatic heterocycles. The molecule has 1 amide bonds. The summed E-state index contributed by atoms with van der Waals surface area (Å²) in [6.45, 7) is 3.31. The van der Waals surface area contributed by atoms with Gasteiger partial charge in [0.1, 0.15) is 0 Å². The summed E-state index contributed by atoms with van der Waals surface area (Å²) >= 11 is 0. The summed E-state index contributed by atoms with van der Waals surface area (Å²) in [4.78, 5) is 13.4. The van der Waals surface area contributed by atoms with Gasteiger partial charge < -0.3 is 10.6 Å². The molecule has 1 heterocycles. The Bertz CT molecular complexity index is 354. The van der Waals surface area contributed by atoms with Crippen LogP contribution < -0.4 is 10.9 Å². The van der Waals surface area contributed by atoms with E-state index in [-0.39, 0.29) is 37.3 Å². The first-order valence-electron chi connectivity index (χ1n) is 5.13. The van der Waals surface area contributed by atoms with Crippen molar-refractivity contribution in [2.45, 2.75) is 6.92 Å². The van der Waals surface area contributed by atoms with Crippen molar-refractivity contribution in [2.75, 3.05) is 32.7 Å². The molecular formula is C8H19ClN4O3S. The highest BCUT2D eigenvalue weighted by Gasteiger charge is 2.27. The van der Waals surface area contributed by atoms with E-state index >= 15 is 0 Å². The molecule has 1 aliphatic rings. The molecule has 0 radical (unpaired) electrons. The van der Waals surface area contributed by atoms with Gasteiger partial charge >= 0.3 is 0 Å². The van der Waals surface area contributed by atoms with Gasteiger partial charge in [0.15, 0.2) is 0 Å². The monoisotopic (exact) mass is 286 g/mol. The van der Waals surface area contributed by atoms with E-state index in [1.54, 1.807) is 11.8 Å². The first-order valence-corrected chi connectivity index (χ1v) is 6.63. The number of hydrogen-bond acceptors (Lipinski definition) is 4. The molecule has 102 valence electrons. The molecule has 7 nitrogen and oxygen atoms in total. The van der Waals surface area contributed by atoms with Crippen LogP contribution in [-0.4, -0.2) is 56.3 Å². The summed E-state index contributed by atoms with van der Waals surface area (Å²) in [6.07, 6.45) is 0. The van der Waals surface area contributed by atoms with Gasteiger partial charge in [-0.1, -0.05) is 6.92 Å². The van der Waals surface area contributed by atoms with E-state index in [9.17, 15) is 13.2 Å². The molecule has 0 aromatic carbocycles. The van der Waals surface area contributed by atoms with E-state index in [4.69, 9.17) is 10.9 Å². The van der Waals surface area contributed by atoms with Gasteiger partial charge in [0.05, 0.1) is 0 Å². The van der Waals surface area contributed by atoms with E-state index in [0.29, 0.717) is 19.6 Å². The third kappa shape index (κ3) is 4.40. The minimum atomic E-state index is -3.63. The number of rotatable bonds is 3. The highest BCUT2D eigenvalue weighted by Crippen LogP contribution is 2.08. The SMILES string of the molecule is CC(CN)C(=O)N1CCN(S(N)(=O)=O)CC1.Cl. The Morgan fingerprint density at radius 3 is 2.12 bits per heavy atom. The van der Waals surface area contributed by atoms with E-state index < -0.39 is 10.2 Å². The molecule has 1 unspecified atom stereocenters. The molecule has 4 N–H and O–H groups in total. The molecule has 0 aliphatic carbocycles. The normalized spacial score (nSPS) is 19.6. The number of nitrogens with two attached hydrogens (primary N) is 2. The number of halogens is 1. The Hall–Kier alpha value is -0.410. The van der Waals surface area contributed by atoms with Crippen molar-refractivity contribution >= 4 is 28.5 Å². The Morgan fingerprint density at radius 1 is 1.29 bits per heavy atom. The molecule has 0 bridgehead atoms. The van der Waals surface area contributed by atoms with Crippen LogP contribution in [0.3, 0.4) is 0 Å². The van der Waals surface area contributed by atoms with Crippen LogP contribution in [0.5, 0.6) is 0 Å². The molecule has 0 spiro atoms. The zero-order valence-electron chi connectivity index (χ0n) is 9.70. The number of nitrogens with zero attached hydrogens (tertiary/aromatic N) is 2. The fourth-order valence-electron chi connectivity index (χ4n) is 1.58. The Kier molecular flexibility index (Phi) is 6.35. The smallest absolute Gasteiger partial charge is 0.277 e. The summed E-state index contributed by atoms with van der Waals surface area (Å²) in [7, 11) is -3.63. The predicted octanol–water partition coefficient (Wildman–Crippen LogP) is -1.65. The highest BCUT2D eigenvalue weighted by atomic mass is 35.5. The quantitative estimate of drug-likeness (QED) is 0.648. The second-order valence-electron chi connectivity index (χ2n) is 3.91. The lowest BCUT2D eigenvalue weighted by Crippen LogP contribution is -2.53. The molecule has 1 rings (SSSR count). The van der Waals surface area contributed by atoms with Crippen LogP contribution in [0.15, 0.2) is 0 Å². The van der Waals surface area contributed by atoms with Crippen molar-refractivity contribution < 1.29 is 13.2 Å². The number of carbonyl (C=O) groups excluding carboxylic acids is 1. The van der Waals surface area contributed by atoms with Gasteiger partial charge in [-0.2, -0.15) is 12.7 Å². The largest absolute Gasteiger partial charge is 0.340 e. The van der Waals surface area contributed by atoms with Crippen molar-refractivity contribution in [2.24, 2.45) is 16.8 Å². The number of hydrogen-bond donors (Lipinski definition) is 2. The summed E-state index contributed by atoms with van der Waals surface area (Å²) < 4.78 is 23.2. The molecular weight excluding hydrogens is 268 g/mol. The molecule has 0 aromatic rings. The highest BCUT2D eigenvalue weighted by molar-refractivity contribution is 7.86. The van der Waals surface area contributed by atoms with Gasteiger partial charge in [-0.15, -0.1) is 12.4 Å². The minimum Gasteiger partial charge on any atom is -0.340 e.